The van der Waals surface area contributed by atoms with E-state index in [1.54, 1.807) is 6.07 Å². The Kier molecular flexibility index (Phi) is 2.16. The quantitative estimate of drug-likeness (QED) is 0.788. The fourth-order valence-electron chi connectivity index (χ4n) is 0.980. The van der Waals surface area contributed by atoms with Crippen molar-refractivity contribution in [2.24, 2.45) is 0 Å². The van der Waals surface area contributed by atoms with Gasteiger partial charge in [0.2, 0.25) is 0 Å². The number of hydrogen-bond acceptors (Lipinski definition) is 4. The first-order chi connectivity index (χ1) is 6.25. The van der Waals surface area contributed by atoms with E-state index in [1.165, 1.54) is 11.5 Å². The number of aromatic nitrogens is 2. The Bertz CT molecular complexity index is 427. The molecule has 1 heterocycles. The molecule has 0 saturated carbocycles. The van der Waals surface area contributed by atoms with Crippen molar-refractivity contribution in [1.29, 1.82) is 0 Å². The average Bonchev–Trinajstić information content (AvgIpc) is 2.52. The van der Waals surface area contributed by atoms with Crippen LogP contribution in [0.25, 0.3) is 11.4 Å². The zero-order valence-corrected chi connectivity index (χ0v) is 8.14. The number of nitrogen functional groups attached to an aromatic ring is 1. The molecule has 0 radical (unpaired) electrons. The third-order valence-corrected chi connectivity index (χ3v) is 2.30. The third-order valence-electron chi connectivity index (χ3n) is 1.52. The fourth-order valence-corrected chi connectivity index (χ4v) is 1.62. The lowest BCUT2D eigenvalue weighted by atomic mass is 10.2. The molecule has 13 heavy (non-hydrogen) atoms. The average molecular weight is 212 g/mol. The Morgan fingerprint density at radius 1 is 1.38 bits per heavy atom. The Morgan fingerprint density at radius 3 is 2.85 bits per heavy atom. The van der Waals surface area contributed by atoms with Crippen LogP contribution in [0.5, 0.6) is 0 Å². The summed E-state index contributed by atoms with van der Waals surface area (Å²) in [5, 5.41) is 1.14. The molecule has 2 N–H and O–H groups in total. The Balaban J connectivity index is 2.46. The van der Waals surface area contributed by atoms with Crippen LogP contribution in [-0.4, -0.2) is 9.36 Å². The Hall–Kier alpha value is -1.13. The van der Waals surface area contributed by atoms with Crippen molar-refractivity contribution >= 4 is 28.3 Å². The smallest absolute Gasteiger partial charge is 0.200 e. The van der Waals surface area contributed by atoms with Gasteiger partial charge >= 0.3 is 0 Å². The minimum Gasteiger partial charge on any atom is -0.374 e. The van der Waals surface area contributed by atoms with Crippen molar-refractivity contribution in [2.75, 3.05) is 5.73 Å². The highest BCUT2D eigenvalue weighted by Crippen LogP contribution is 2.21. The molecule has 5 heteroatoms. The summed E-state index contributed by atoms with van der Waals surface area (Å²) in [5.41, 5.74) is 6.36. The maximum atomic E-state index is 5.82. The van der Waals surface area contributed by atoms with Crippen LogP contribution in [0, 0.1) is 0 Å². The molecular formula is C8H6ClN3S. The van der Waals surface area contributed by atoms with Crippen molar-refractivity contribution in [3.05, 3.63) is 29.3 Å². The molecule has 0 amide bonds. The summed E-state index contributed by atoms with van der Waals surface area (Å²) in [5.74, 6) is 0.630. The highest BCUT2D eigenvalue weighted by Gasteiger charge is 2.03. The molecule has 0 bridgehead atoms. The van der Waals surface area contributed by atoms with Gasteiger partial charge in [0.1, 0.15) is 0 Å². The minimum absolute atomic E-state index is 0.468. The summed E-state index contributed by atoms with van der Waals surface area (Å²) < 4.78 is 4.07. The van der Waals surface area contributed by atoms with Gasteiger partial charge in [0.15, 0.2) is 11.0 Å². The number of nitrogens with zero attached hydrogens (tertiary/aromatic N) is 2. The van der Waals surface area contributed by atoms with Crippen LogP contribution >= 0.6 is 23.1 Å². The van der Waals surface area contributed by atoms with E-state index in [1.807, 2.05) is 18.2 Å². The topological polar surface area (TPSA) is 51.8 Å². The largest absolute Gasteiger partial charge is 0.374 e. The second-order valence-electron chi connectivity index (χ2n) is 2.47. The first-order valence-corrected chi connectivity index (χ1v) is 4.76. The van der Waals surface area contributed by atoms with E-state index in [4.69, 9.17) is 17.3 Å². The predicted octanol–water partition coefficient (Wildman–Crippen LogP) is 2.44. The molecule has 2 rings (SSSR count). The first-order valence-electron chi connectivity index (χ1n) is 3.61. The van der Waals surface area contributed by atoms with E-state index in [0.717, 1.165) is 5.56 Å². The number of anilines is 1. The molecule has 0 aliphatic rings. The van der Waals surface area contributed by atoms with Crippen LogP contribution in [0.15, 0.2) is 24.3 Å². The van der Waals surface area contributed by atoms with Gasteiger partial charge in [-0.3, -0.25) is 0 Å². The van der Waals surface area contributed by atoms with E-state index in [2.05, 4.69) is 9.36 Å². The highest BCUT2D eigenvalue weighted by atomic mass is 35.5. The molecule has 1 aromatic carbocycles. The molecule has 0 saturated heterocycles. The molecule has 0 atom stereocenters. The van der Waals surface area contributed by atoms with E-state index in [9.17, 15) is 0 Å². The maximum absolute atomic E-state index is 5.82. The number of benzene rings is 1. The molecule has 0 spiro atoms. The molecule has 0 aliphatic carbocycles. The molecule has 1 aromatic heterocycles. The number of halogens is 1. The van der Waals surface area contributed by atoms with Gasteiger partial charge in [0.05, 0.1) is 0 Å². The summed E-state index contributed by atoms with van der Waals surface area (Å²) in [6.45, 7) is 0. The van der Waals surface area contributed by atoms with Crippen molar-refractivity contribution < 1.29 is 0 Å². The van der Waals surface area contributed by atoms with Gasteiger partial charge in [-0.05, 0) is 12.1 Å². The molecule has 0 aliphatic heterocycles. The van der Waals surface area contributed by atoms with Gasteiger partial charge in [-0.1, -0.05) is 23.7 Å². The van der Waals surface area contributed by atoms with E-state index < -0.39 is 0 Å². The van der Waals surface area contributed by atoms with Crippen molar-refractivity contribution in [1.82, 2.24) is 9.36 Å². The summed E-state index contributed by atoms with van der Waals surface area (Å²) in [6.07, 6.45) is 0. The van der Waals surface area contributed by atoms with Crippen molar-refractivity contribution in [3.63, 3.8) is 0 Å². The third kappa shape index (κ3) is 1.79. The van der Waals surface area contributed by atoms with Crippen LogP contribution in [0.2, 0.25) is 5.02 Å². The van der Waals surface area contributed by atoms with Crippen LogP contribution in [-0.2, 0) is 0 Å². The Labute approximate surface area is 84.4 Å². The molecule has 2 aromatic rings. The van der Waals surface area contributed by atoms with Gasteiger partial charge < -0.3 is 5.73 Å². The van der Waals surface area contributed by atoms with Crippen molar-refractivity contribution in [3.8, 4) is 11.4 Å². The monoisotopic (exact) mass is 211 g/mol. The van der Waals surface area contributed by atoms with Gasteiger partial charge in [0, 0.05) is 22.1 Å². The predicted molar refractivity (Wildman–Crippen MR) is 54.8 cm³/mol. The van der Waals surface area contributed by atoms with Gasteiger partial charge in [0.25, 0.3) is 0 Å². The maximum Gasteiger partial charge on any atom is 0.200 e. The summed E-state index contributed by atoms with van der Waals surface area (Å²) in [6, 6.07) is 7.37. The standard InChI is InChI=1S/C8H6ClN3S/c9-6-3-1-2-5(4-6)7-11-8(10)13-12-7/h1-4H,(H2,10,11,12). The lowest BCUT2D eigenvalue weighted by Crippen LogP contribution is -1.83. The van der Waals surface area contributed by atoms with Gasteiger partial charge in [-0.2, -0.15) is 9.36 Å². The van der Waals surface area contributed by atoms with Gasteiger partial charge in [-0.25, -0.2) is 0 Å². The molecule has 0 fully saturated rings. The number of nitrogens with two attached hydrogens (primary N) is 1. The van der Waals surface area contributed by atoms with Crippen LogP contribution < -0.4 is 5.73 Å². The lowest BCUT2D eigenvalue weighted by Gasteiger charge is -1.94. The van der Waals surface area contributed by atoms with Gasteiger partial charge in [-0.15, -0.1) is 0 Å². The number of hydrogen-bond donors (Lipinski definition) is 1. The van der Waals surface area contributed by atoms with Crippen molar-refractivity contribution in [2.45, 2.75) is 0 Å². The minimum atomic E-state index is 0.468. The summed E-state index contributed by atoms with van der Waals surface area (Å²) >= 11 is 7.00. The van der Waals surface area contributed by atoms with E-state index in [-0.39, 0.29) is 0 Å². The summed E-state index contributed by atoms with van der Waals surface area (Å²) in [4.78, 5) is 4.05. The zero-order valence-electron chi connectivity index (χ0n) is 6.57. The van der Waals surface area contributed by atoms with E-state index in [0.29, 0.717) is 16.0 Å². The second kappa shape index (κ2) is 3.32. The molecule has 0 unspecified atom stereocenters. The van der Waals surface area contributed by atoms with Crippen LogP contribution in [0.3, 0.4) is 0 Å². The summed E-state index contributed by atoms with van der Waals surface area (Å²) in [7, 11) is 0. The SMILES string of the molecule is Nc1nc(-c2cccc(Cl)c2)ns1. The van der Waals surface area contributed by atoms with Crippen LogP contribution in [0.4, 0.5) is 5.13 Å². The highest BCUT2D eigenvalue weighted by molar-refractivity contribution is 7.09. The zero-order chi connectivity index (χ0) is 9.26. The molecule has 66 valence electrons. The Morgan fingerprint density at radius 2 is 2.23 bits per heavy atom. The fraction of sp³-hybridized carbons (Fsp3) is 0. The molecule has 3 nitrogen and oxygen atoms in total. The normalized spacial score (nSPS) is 10.2. The first kappa shape index (κ1) is 8.47. The second-order valence-corrected chi connectivity index (χ2v) is 3.69. The van der Waals surface area contributed by atoms with E-state index >= 15 is 0 Å². The van der Waals surface area contributed by atoms with Crippen LogP contribution in [0.1, 0.15) is 0 Å². The molecular weight excluding hydrogens is 206 g/mol. The number of rotatable bonds is 1. The lowest BCUT2D eigenvalue weighted by molar-refractivity contribution is 1.33.